The van der Waals surface area contributed by atoms with Crippen molar-refractivity contribution in [2.75, 3.05) is 35.5 Å². The zero-order valence-corrected chi connectivity index (χ0v) is 19.2. The van der Waals surface area contributed by atoms with E-state index in [0.29, 0.717) is 12.8 Å². The van der Waals surface area contributed by atoms with E-state index in [2.05, 4.69) is 9.46 Å². The Labute approximate surface area is 186 Å². The first-order valence-electron chi connectivity index (χ1n) is 9.18. The molecule has 1 fully saturated rings. The molecule has 168 valence electrons. The lowest BCUT2D eigenvalue weighted by atomic mass is 10.2. The number of sulfonamides is 2. The number of nitrogens with one attached hydrogen (secondary N) is 1. The third-order valence-electron chi connectivity index (χ3n) is 4.71. The molecule has 0 atom stereocenters. The molecule has 1 N–H and O–H groups in total. The van der Waals surface area contributed by atoms with Crippen molar-refractivity contribution in [2.45, 2.75) is 17.7 Å². The van der Waals surface area contributed by atoms with Crippen LogP contribution in [0.15, 0.2) is 41.3 Å². The second kappa shape index (κ2) is 8.93. The average Bonchev–Trinajstić information content (AvgIpc) is 2.74. The van der Waals surface area contributed by atoms with E-state index in [1.54, 1.807) is 0 Å². The molecule has 0 bridgehead atoms. The molecule has 0 aliphatic carbocycles. The zero-order valence-electron chi connectivity index (χ0n) is 16.8. The molecule has 1 aliphatic heterocycles. The van der Waals surface area contributed by atoms with Crippen LogP contribution in [0.4, 0.5) is 11.4 Å². The van der Waals surface area contributed by atoms with Gasteiger partial charge in [-0.1, -0.05) is 11.6 Å². The molecule has 2 aromatic carbocycles. The molecule has 9 nitrogen and oxygen atoms in total. The van der Waals surface area contributed by atoms with E-state index in [1.165, 1.54) is 54.9 Å². The Morgan fingerprint density at radius 1 is 1.13 bits per heavy atom. The summed E-state index contributed by atoms with van der Waals surface area (Å²) in [6.45, 7) is 0.259. The quantitative estimate of drug-likeness (QED) is 0.621. The van der Waals surface area contributed by atoms with Crippen LogP contribution in [-0.2, 0) is 24.8 Å². The van der Waals surface area contributed by atoms with E-state index < -0.39 is 26.0 Å². The smallest absolute Gasteiger partial charge is 0.337 e. The molecule has 1 aliphatic rings. The van der Waals surface area contributed by atoms with Gasteiger partial charge in [0.05, 0.1) is 41.9 Å². The molecular formula is C19H21ClN2O7S2. The Morgan fingerprint density at radius 2 is 1.87 bits per heavy atom. The van der Waals surface area contributed by atoms with Crippen molar-refractivity contribution >= 4 is 49.0 Å². The van der Waals surface area contributed by atoms with Gasteiger partial charge >= 0.3 is 5.97 Å². The molecule has 0 saturated carbocycles. The molecule has 3 rings (SSSR count). The summed E-state index contributed by atoms with van der Waals surface area (Å²) in [5.74, 6) is -0.646. The van der Waals surface area contributed by atoms with E-state index in [9.17, 15) is 21.6 Å². The van der Waals surface area contributed by atoms with Gasteiger partial charge < -0.3 is 9.47 Å². The number of ether oxygens (including phenoxy) is 2. The first-order valence-corrected chi connectivity index (χ1v) is 12.7. The monoisotopic (exact) mass is 488 g/mol. The Morgan fingerprint density at radius 3 is 2.52 bits per heavy atom. The predicted molar refractivity (Wildman–Crippen MR) is 117 cm³/mol. The number of hydrogen-bond donors (Lipinski definition) is 1. The van der Waals surface area contributed by atoms with Gasteiger partial charge in [0, 0.05) is 6.54 Å². The number of rotatable bonds is 6. The summed E-state index contributed by atoms with van der Waals surface area (Å²) < 4.78 is 64.5. The van der Waals surface area contributed by atoms with Crippen molar-refractivity contribution in [1.82, 2.24) is 0 Å². The summed E-state index contributed by atoms with van der Waals surface area (Å²) in [6, 6.07) is 8.12. The summed E-state index contributed by atoms with van der Waals surface area (Å²) in [5.41, 5.74) is 0.280. The molecule has 1 heterocycles. The minimum absolute atomic E-state index is 0.00467. The van der Waals surface area contributed by atoms with Crippen molar-refractivity contribution in [3.8, 4) is 5.75 Å². The topological polar surface area (TPSA) is 119 Å². The number of benzene rings is 2. The molecule has 0 unspecified atom stereocenters. The summed E-state index contributed by atoms with van der Waals surface area (Å²) in [6.07, 6.45) is 1.22. The lowest BCUT2D eigenvalue weighted by molar-refractivity contribution is 0.0600. The normalized spacial score (nSPS) is 15.9. The molecule has 0 radical (unpaired) electrons. The standard InChI is InChI=1S/C19H21ClN2O7S2/c1-28-17-8-6-14(22-9-3-4-10-30(22,24)25)12-18(17)31(26,27)21-16-11-13(19(23)29-2)5-7-15(16)20/h5-8,11-12,21H,3-4,9-10H2,1-2H3. The maximum Gasteiger partial charge on any atom is 0.337 e. The first-order chi connectivity index (χ1) is 14.6. The second-order valence-corrected chi connectivity index (χ2v) is 10.8. The van der Waals surface area contributed by atoms with Gasteiger partial charge in [0.25, 0.3) is 10.0 Å². The van der Waals surface area contributed by atoms with Crippen molar-refractivity contribution < 1.29 is 31.1 Å². The number of carbonyl (C=O) groups excluding carboxylic acids is 1. The summed E-state index contributed by atoms with van der Waals surface area (Å²) in [5, 5.41) is 0.0601. The molecule has 2 aromatic rings. The van der Waals surface area contributed by atoms with Crippen LogP contribution in [-0.4, -0.2) is 49.3 Å². The van der Waals surface area contributed by atoms with Gasteiger partial charge in [-0.05, 0) is 49.2 Å². The molecule has 0 aromatic heterocycles. The Bertz CT molecular complexity index is 1210. The van der Waals surface area contributed by atoms with Crippen LogP contribution in [0.1, 0.15) is 23.2 Å². The highest BCUT2D eigenvalue weighted by atomic mass is 35.5. The minimum Gasteiger partial charge on any atom is -0.495 e. The SMILES string of the molecule is COC(=O)c1ccc(Cl)c(NS(=O)(=O)c2cc(N3CCCCS3(=O)=O)ccc2OC)c1. The van der Waals surface area contributed by atoms with Gasteiger partial charge in [-0.15, -0.1) is 0 Å². The maximum absolute atomic E-state index is 13.1. The highest BCUT2D eigenvalue weighted by molar-refractivity contribution is 7.93. The van der Waals surface area contributed by atoms with Gasteiger partial charge in [0.15, 0.2) is 0 Å². The van der Waals surface area contributed by atoms with E-state index in [4.69, 9.17) is 16.3 Å². The summed E-state index contributed by atoms with van der Waals surface area (Å²) in [7, 11) is -5.29. The van der Waals surface area contributed by atoms with Crippen LogP contribution in [0.2, 0.25) is 5.02 Å². The summed E-state index contributed by atoms with van der Waals surface area (Å²) >= 11 is 6.10. The van der Waals surface area contributed by atoms with Crippen molar-refractivity contribution in [2.24, 2.45) is 0 Å². The van der Waals surface area contributed by atoms with Crippen molar-refractivity contribution in [1.29, 1.82) is 0 Å². The predicted octanol–water partition coefficient (Wildman–Crippen LogP) is 2.87. The van der Waals surface area contributed by atoms with E-state index in [-0.39, 0.29) is 44.9 Å². The van der Waals surface area contributed by atoms with Crippen LogP contribution in [0.3, 0.4) is 0 Å². The van der Waals surface area contributed by atoms with Crippen LogP contribution >= 0.6 is 11.6 Å². The Balaban J connectivity index is 2.04. The van der Waals surface area contributed by atoms with Gasteiger partial charge in [0.2, 0.25) is 10.0 Å². The molecule has 0 amide bonds. The third-order valence-corrected chi connectivity index (χ3v) is 8.29. The fourth-order valence-electron chi connectivity index (χ4n) is 3.16. The molecule has 1 saturated heterocycles. The summed E-state index contributed by atoms with van der Waals surface area (Å²) in [4.78, 5) is 11.5. The van der Waals surface area contributed by atoms with E-state index in [1.807, 2.05) is 0 Å². The number of esters is 1. The van der Waals surface area contributed by atoms with Crippen molar-refractivity contribution in [3.05, 3.63) is 47.0 Å². The average molecular weight is 489 g/mol. The largest absolute Gasteiger partial charge is 0.495 e. The molecular weight excluding hydrogens is 468 g/mol. The molecule has 0 spiro atoms. The number of hydrogen-bond acceptors (Lipinski definition) is 7. The lowest BCUT2D eigenvalue weighted by Gasteiger charge is -2.28. The third kappa shape index (κ3) is 4.89. The Hall–Kier alpha value is -2.50. The lowest BCUT2D eigenvalue weighted by Crippen LogP contribution is -2.37. The Kier molecular flexibility index (Phi) is 6.68. The zero-order chi connectivity index (χ0) is 22.8. The van der Waals surface area contributed by atoms with Gasteiger partial charge in [-0.3, -0.25) is 9.03 Å². The van der Waals surface area contributed by atoms with Crippen LogP contribution in [0.25, 0.3) is 0 Å². The van der Waals surface area contributed by atoms with Gasteiger partial charge in [0.1, 0.15) is 10.6 Å². The van der Waals surface area contributed by atoms with E-state index in [0.717, 1.165) is 0 Å². The van der Waals surface area contributed by atoms with Crippen LogP contribution in [0.5, 0.6) is 5.75 Å². The fourth-order valence-corrected chi connectivity index (χ4v) is 6.27. The molecule has 12 heteroatoms. The highest BCUT2D eigenvalue weighted by Gasteiger charge is 2.29. The number of nitrogens with zero attached hydrogens (tertiary/aromatic N) is 1. The number of carbonyl (C=O) groups is 1. The van der Waals surface area contributed by atoms with Crippen LogP contribution in [0, 0.1) is 0 Å². The molecule has 31 heavy (non-hydrogen) atoms. The first kappa shape index (κ1) is 23.2. The van der Waals surface area contributed by atoms with Crippen LogP contribution < -0.4 is 13.8 Å². The van der Waals surface area contributed by atoms with Gasteiger partial charge in [-0.25, -0.2) is 21.6 Å². The number of methoxy groups -OCH3 is 2. The fraction of sp³-hybridized carbons (Fsp3) is 0.316. The van der Waals surface area contributed by atoms with Crippen molar-refractivity contribution in [3.63, 3.8) is 0 Å². The second-order valence-electron chi connectivity index (χ2n) is 6.72. The van der Waals surface area contributed by atoms with Gasteiger partial charge in [-0.2, -0.15) is 0 Å². The highest BCUT2D eigenvalue weighted by Crippen LogP contribution is 2.34. The number of anilines is 2. The van der Waals surface area contributed by atoms with E-state index >= 15 is 0 Å². The minimum atomic E-state index is -4.26. The number of halogens is 1. The maximum atomic E-state index is 13.1.